The topological polar surface area (TPSA) is 103 Å². The lowest BCUT2D eigenvalue weighted by atomic mass is 10.0. The number of thioether (sulfide) groups is 1. The Labute approximate surface area is 231 Å². The maximum Gasteiger partial charge on any atom is 0.271 e. The summed E-state index contributed by atoms with van der Waals surface area (Å²) in [6, 6.07) is 15.4. The number of carbonyl (C=O) groups excluding carboxylic acids is 2. The Bertz CT molecular complexity index is 1590. The molecule has 0 saturated carbocycles. The van der Waals surface area contributed by atoms with Crippen LogP contribution in [0.3, 0.4) is 0 Å². The second-order valence-corrected chi connectivity index (χ2v) is 10.6. The van der Waals surface area contributed by atoms with Crippen molar-refractivity contribution in [2.45, 2.75) is 13.5 Å². The van der Waals surface area contributed by atoms with Crippen molar-refractivity contribution in [2.75, 3.05) is 6.54 Å². The van der Waals surface area contributed by atoms with Crippen LogP contribution in [-0.4, -0.2) is 37.1 Å². The highest BCUT2D eigenvalue weighted by Crippen LogP contribution is 2.33. The number of amides is 1. The third-order valence-electron chi connectivity index (χ3n) is 5.71. The normalized spacial score (nSPS) is 14.3. The molecular formula is C26H17Cl2N3O4S2. The highest BCUT2D eigenvalue weighted by molar-refractivity contribution is 8.26. The van der Waals surface area contributed by atoms with Crippen molar-refractivity contribution in [3.63, 3.8) is 0 Å². The average molecular weight is 570 g/mol. The largest absolute Gasteiger partial charge is 0.494 e. The van der Waals surface area contributed by atoms with E-state index in [0.29, 0.717) is 20.5 Å². The van der Waals surface area contributed by atoms with Crippen LogP contribution in [0.1, 0.15) is 32.6 Å². The standard InChI is InChI=1S/C26H17Cl2N3O4S2/c1-14-18(11-29)23(33)30(12-16-4-2-3-5-19(16)28)25(35)22(14)20(32)13-31-24(34)21(37-26(31)36)10-15-6-8-17(27)9-7-15/h2-10,35H,12-13H2,1H3/b21-10-. The van der Waals surface area contributed by atoms with Crippen molar-refractivity contribution < 1.29 is 14.7 Å². The summed E-state index contributed by atoms with van der Waals surface area (Å²) in [5.41, 5.74) is -0.0230. The number of aromatic nitrogens is 1. The Morgan fingerprint density at radius 1 is 1.16 bits per heavy atom. The van der Waals surface area contributed by atoms with Crippen molar-refractivity contribution >= 4 is 69.3 Å². The summed E-state index contributed by atoms with van der Waals surface area (Å²) in [4.78, 5) is 40.8. The van der Waals surface area contributed by atoms with Gasteiger partial charge in [0.2, 0.25) is 5.88 Å². The summed E-state index contributed by atoms with van der Waals surface area (Å²) in [6.45, 7) is 0.758. The number of hydrogen-bond acceptors (Lipinski definition) is 7. The molecule has 1 N–H and O–H groups in total. The molecule has 0 radical (unpaired) electrons. The quantitative estimate of drug-likeness (QED) is 0.248. The molecular weight excluding hydrogens is 553 g/mol. The lowest BCUT2D eigenvalue weighted by Crippen LogP contribution is -2.35. The van der Waals surface area contributed by atoms with Crippen LogP contribution in [0.2, 0.25) is 10.0 Å². The Hall–Kier alpha value is -3.42. The third kappa shape index (κ3) is 5.33. The second-order valence-electron chi connectivity index (χ2n) is 8.04. The number of ketones is 1. The van der Waals surface area contributed by atoms with Crippen molar-refractivity contribution in [3.8, 4) is 11.9 Å². The van der Waals surface area contributed by atoms with Gasteiger partial charge in [0.1, 0.15) is 16.0 Å². The van der Waals surface area contributed by atoms with Crippen molar-refractivity contribution in [1.82, 2.24) is 9.47 Å². The van der Waals surface area contributed by atoms with Gasteiger partial charge in [0.05, 0.1) is 23.6 Å². The predicted molar refractivity (Wildman–Crippen MR) is 148 cm³/mol. The van der Waals surface area contributed by atoms with Gasteiger partial charge in [-0.05, 0) is 47.9 Å². The second kappa shape index (κ2) is 10.9. The van der Waals surface area contributed by atoms with Gasteiger partial charge in [-0.15, -0.1) is 0 Å². The van der Waals surface area contributed by atoms with Gasteiger partial charge in [-0.2, -0.15) is 5.26 Å². The molecule has 0 aliphatic carbocycles. The van der Waals surface area contributed by atoms with Gasteiger partial charge < -0.3 is 5.11 Å². The molecule has 0 spiro atoms. The van der Waals surface area contributed by atoms with Gasteiger partial charge in [-0.1, -0.05) is 77.5 Å². The zero-order chi connectivity index (χ0) is 26.9. The number of nitrogens with zero attached hydrogens (tertiary/aromatic N) is 3. The molecule has 11 heteroatoms. The molecule has 2 heterocycles. The van der Waals surface area contributed by atoms with E-state index in [1.807, 2.05) is 6.07 Å². The highest BCUT2D eigenvalue weighted by atomic mass is 35.5. The zero-order valence-corrected chi connectivity index (χ0v) is 22.3. The predicted octanol–water partition coefficient (Wildman–Crippen LogP) is 5.17. The summed E-state index contributed by atoms with van der Waals surface area (Å²) in [5.74, 6) is -1.77. The van der Waals surface area contributed by atoms with Crippen LogP contribution in [0.15, 0.2) is 58.2 Å². The minimum Gasteiger partial charge on any atom is -0.494 e. The monoisotopic (exact) mass is 569 g/mol. The SMILES string of the molecule is Cc1c(C(=O)CN2C(=O)/C(=C/c3ccc(Cl)cc3)SC2=S)c(O)n(Cc2ccccc2Cl)c(=O)c1C#N. The third-order valence-corrected chi connectivity index (χ3v) is 7.71. The molecule has 1 aromatic heterocycles. The van der Waals surface area contributed by atoms with Crippen LogP contribution >= 0.6 is 47.2 Å². The number of halogens is 2. The van der Waals surface area contributed by atoms with E-state index in [0.717, 1.165) is 26.8 Å². The minimum absolute atomic E-state index is 0.0209. The number of Topliss-reactive ketones (excluding diaryl/α,β-unsaturated/α-hetero) is 1. The lowest BCUT2D eigenvalue weighted by molar-refractivity contribution is -0.121. The molecule has 1 amide bonds. The number of benzene rings is 2. The van der Waals surface area contributed by atoms with Gasteiger partial charge in [0, 0.05) is 10.0 Å². The summed E-state index contributed by atoms with van der Waals surface area (Å²) in [5, 5.41) is 21.5. The molecule has 7 nitrogen and oxygen atoms in total. The Morgan fingerprint density at radius 2 is 1.84 bits per heavy atom. The number of pyridine rings is 1. The summed E-state index contributed by atoms with van der Waals surface area (Å²) >= 11 is 18.5. The molecule has 1 aliphatic rings. The fourth-order valence-electron chi connectivity index (χ4n) is 3.80. The van der Waals surface area contributed by atoms with Crippen molar-refractivity contribution in [2.24, 2.45) is 0 Å². The first kappa shape index (κ1) is 26.6. The fourth-order valence-corrected chi connectivity index (χ4v) is 5.37. The molecule has 1 fully saturated rings. The van der Waals surface area contributed by atoms with E-state index in [4.69, 9.17) is 35.4 Å². The van der Waals surface area contributed by atoms with Crippen molar-refractivity contribution in [3.05, 3.63) is 102 Å². The maximum atomic E-state index is 13.4. The van der Waals surface area contributed by atoms with E-state index in [2.05, 4.69) is 0 Å². The maximum absolute atomic E-state index is 13.4. The molecule has 4 rings (SSSR count). The highest BCUT2D eigenvalue weighted by Gasteiger charge is 2.35. The van der Waals surface area contributed by atoms with Crippen LogP contribution in [0, 0.1) is 18.3 Å². The first-order valence-corrected chi connectivity index (χ1v) is 12.7. The Kier molecular flexibility index (Phi) is 7.85. The first-order chi connectivity index (χ1) is 17.6. The van der Waals surface area contributed by atoms with Gasteiger partial charge in [0.15, 0.2) is 5.78 Å². The number of nitriles is 1. The van der Waals surface area contributed by atoms with Crippen LogP contribution < -0.4 is 5.56 Å². The summed E-state index contributed by atoms with van der Waals surface area (Å²) < 4.78 is 1.09. The Morgan fingerprint density at radius 3 is 2.49 bits per heavy atom. The van der Waals surface area contributed by atoms with Gasteiger partial charge in [0.25, 0.3) is 11.5 Å². The first-order valence-electron chi connectivity index (χ1n) is 10.8. The van der Waals surface area contributed by atoms with E-state index >= 15 is 0 Å². The fraction of sp³-hybridized carbons (Fsp3) is 0.115. The number of aromatic hydroxyl groups is 1. The van der Waals surface area contributed by atoms with Gasteiger partial charge >= 0.3 is 0 Å². The summed E-state index contributed by atoms with van der Waals surface area (Å²) in [7, 11) is 0. The molecule has 37 heavy (non-hydrogen) atoms. The van der Waals surface area contributed by atoms with Gasteiger partial charge in [-0.25, -0.2) is 0 Å². The number of rotatable bonds is 6. The van der Waals surface area contributed by atoms with E-state index < -0.39 is 29.7 Å². The molecule has 1 saturated heterocycles. The van der Waals surface area contributed by atoms with Crippen LogP contribution in [0.25, 0.3) is 6.08 Å². The molecule has 0 unspecified atom stereocenters. The molecule has 0 bridgehead atoms. The van der Waals surface area contributed by atoms with Crippen LogP contribution in [-0.2, 0) is 11.3 Å². The minimum atomic E-state index is -0.759. The van der Waals surface area contributed by atoms with E-state index in [9.17, 15) is 24.8 Å². The zero-order valence-electron chi connectivity index (χ0n) is 19.2. The molecule has 1 aliphatic heterocycles. The van der Waals surface area contributed by atoms with Crippen molar-refractivity contribution in [1.29, 1.82) is 5.26 Å². The van der Waals surface area contributed by atoms with Gasteiger partial charge in [-0.3, -0.25) is 23.9 Å². The smallest absolute Gasteiger partial charge is 0.271 e. The Balaban J connectivity index is 1.68. The van der Waals surface area contributed by atoms with Crippen LogP contribution in [0.4, 0.5) is 0 Å². The van der Waals surface area contributed by atoms with E-state index in [1.54, 1.807) is 54.6 Å². The molecule has 3 aromatic rings. The molecule has 2 aromatic carbocycles. The van der Waals surface area contributed by atoms with E-state index in [1.165, 1.54) is 6.92 Å². The number of thiocarbonyl (C=S) groups is 1. The average Bonchev–Trinajstić information content (AvgIpc) is 3.12. The number of hydrogen-bond donors (Lipinski definition) is 1. The van der Waals surface area contributed by atoms with Crippen LogP contribution in [0.5, 0.6) is 5.88 Å². The van der Waals surface area contributed by atoms with E-state index in [-0.39, 0.29) is 27.6 Å². The number of carbonyl (C=O) groups is 2. The summed E-state index contributed by atoms with van der Waals surface area (Å²) in [6.07, 6.45) is 1.64. The molecule has 0 atom stereocenters. The lowest BCUT2D eigenvalue weighted by Gasteiger charge is -2.18. The molecule has 186 valence electrons.